The molecule has 35 heavy (non-hydrogen) atoms. The van der Waals surface area contributed by atoms with Gasteiger partial charge in [0.15, 0.2) is 11.5 Å². The Labute approximate surface area is 223 Å². The van der Waals surface area contributed by atoms with E-state index in [2.05, 4.69) is 15.9 Å². The van der Waals surface area contributed by atoms with Crippen molar-refractivity contribution >= 4 is 62.2 Å². The van der Waals surface area contributed by atoms with Gasteiger partial charge in [-0.05, 0) is 77.5 Å². The summed E-state index contributed by atoms with van der Waals surface area (Å²) < 4.78 is 13.2. The van der Waals surface area contributed by atoms with Gasteiger partial charge in [0.05, 0.1) is 16.0 Å². The van der Waals surface area contributed by atoms with Crippen LogP contribution in [-0.4, -0.2) is 39.4 Å². The molecule has 9 heteroatoms. The van der Waals surface area contributed by atoms with Crippen molar-refractivity contribution in [3.8, 4) is 11.5 Å². The van der Waals surface area contributed by atoms with Crippen molar-refractivity contribution in [2.45, 2.75) is 46.1 Å². The van der Waals surface area contributed by atoms with E-state index in [0.717, 1.165) is 27.6 Å². The molecule has 1 heterocycles. The maximum atomic E-state index is 12.9. The molecule has 1 amide bonds. The fourth-order valence-corrected chi connectivity index (χ4v) is 5.45. The van der Waals surface area contributed by atoms with Gasteiger partial charge in [-0.3, -0.25) is 14.5 Å². The van der Waals surface area contributed by atoms with Crippen molar-refractivity contribution < 1.29 is 24.2 Å². The average molecular weight is 579 g/mol. The van der Waals surface area contributed by atoms with Gasteiger partial charge in [-0.15, -0.1) is 0 Å². The van der Waals surface area contributed by atoms with Crippen LogP contribution in [0.3, 0.4) is 0 Å². The highest BCUT2D eigenvalue weighted by molar-refractivity contribution is 9.10. The third kappa shape index (κ3) is 7.56. The zero-order valence-corrected chi connectivity index (χ0v) is 22.9. The molecule has 0 bridgehead atoms. The molecule has 0 atom stereocenters. The molecule has 0 aromatic heterocycles. The van der Waals surface area contributed by atoms with Crippen molar-refractivity contribution in [1.82, 2.24) is 4.90 Å². The average Bonchev–Trinajstić information content (AvgIpc) is 3.06. The molecule has 1 N–H and O–H groups in total. The number of thioether (sulfide) groups is 1. The number of nitrogens with zero attached hydrogens (tertiary/aromatic N) is 1. The molecule has 0 aliphatic carbocycles. The van der Waals surface area contributed by atoms with Gasteiger partial charge in [0.2, 0.25) is 0 Å². The molecule has 2 aromatic carbocycles. The number of carboxylic acids is 1. The monoisotopic (exact) mass is 577 g/mol. The van der Waals surface area contributed by atoms with E-state index >= 15 is 0 Å². The summed E-state index contributed by atoms with van der Waals surface area (Å²) in [4.78, 5) is 25.7. The highest BCUT2D eigenvalue weighted by Crippen LogP contribution is 2.40. The van der Waals surface area contributed by atoms with Crippen molar-refractivity contribution in [2.75, 3.05) is 13.2 Å². The molecule has 0 unspecified atom stereocenters. The first-order valence-corrected chi connectivity index (χ1v) is 13.4. The van der Waals surface area contributed by atoms with Crippen molar-refractivity contribution in [2.24, 2.45) is 0 Å². The first kappa shape index (κ1) is 27.2. The smallest absolute Gasteiger partial charge is 0.303 e. The number of amides is 1. The number of carbonyl (C=O) groups excluding carboxylic acids is 1. The molecule has 1 saturated heterocycles. The summed E-state index contributed by atoms with van der Waals surface area (Å²) in [6, 6.07) is 11.8. The Morgan fingerprint density at radius 1 is 1.20 bits per heavy atom. The molecule has 3 rings (SSSR count). The standard InChI is InChI=1S/C26H28BrNO5S2/c1-3-32-21-14-18(13-20(27)24(21)33-16-19-10-7-6-9-17(19)2)15-22-25(31)28(26(34)35-22)12-8-4-5-11-23(29)30/h6-7,9-10,13-15H,3-5,8,11-12,16H2,1-2H3,(H,29,30)/b22-15-. The van der Waals surface area contributed by atoms with Gasteiger partial charge in [0.25, 0.3) is 5.91 Å². The van der Waals surface area contributed by atoms with Crippen LogP contribution in [0.1, 0.15) is 49.3 Å². The van der Waals surface area contributed by atoms with Crippen LogP contribution in [0, 0.1) is 6.92 Å². The Morgan fingerprint density at radius 3 is 2.69 bits per heavy atom. The maximum Gasteiger partial charge on any atom is 0.303 e. The number of benzene rings is 2. The lowest BCUT2D eigenvalue weighted by atomic mass is 10.1. The molecular formula is C26H28BrNO5S2. The van der Waals surface area contributed by atoms with Crippen LogP contribution in [-0.2, 0) is 16.2 Å². The lowest BCUT2D eigenvalue weighted by molar-refractivity contribution is -0.137. The van der Waals surface area contributed by atoms with Crippen molar-refractivity contribution in [1.29, 1.82) is 0 Å². The summed E-state index contributed by atoms with van der Waals surface area (Å²) in [6.07, 6.45) is 3.98. The number of carboxylic acid groups (broad SMARTS) is 1. The third-order valence-corrected chi connectivity index (χ3v) is 7.38. The zero-order valence-electron chi connectivity index (χ0n) is 19.7. The van der Waals surface area contributed by atoms with Gasteiger partial charge in [-0.25, -0.2) is 0 Å². The molecule has 2 aromatic rings. The lowest BCUT2D eigenvalue weighted by Crippen LogP contribution is -2.29. The molecule has 0 saturated carbocycles. The second kappa shape index (κ2) is 13.1. The van der Waals surface area contributed by atoms with E-state index in [9.17, 15) is 9.59 Å². The largest absolute Gasteiger partial charge is 0.490 e. The molecule has 1 aliphatic rings. The third-order valence-electron chi connectivity index (χ3n) is 5.41. The minimum absolute atomic E-state index is 0.132. The van der Waals surface area contributed by atoms with Crippen molar-refractivity contribution in [3.05, 3.63) is 62.5 Å². The molecule has 1 aliphatic heterocycles. The Bertz CT molecular complexity index is 1130. The van der Waals surface area contributed by atoms with Crippen molar-refractivity contribution in [3.63, 3.8) is 0 Å². The summed E-state index contributed by atoms with van der Waals surface area (Å²) in [5.74, 6) is 0.270. The molecule has 186 valence electrons. The fraction of sp³-hybridized carbons (Fsp3) is 0.346. The van der Waals surface area contributed by atoms with E-state index < -0.39 is 5.97 Å². The molecule has 0 radical (unpaired) electrons. The summed E-state index contributed by atoms with van der Waals surface area (Å²) in [6.45, 7) is 5.33. The first-order valence-electron chi connectivity index (χ1n) is 11.4. The Balaban J connectivity index is 1.72. The first-order chi connectivity index (χ1) is 16.8. The molecular weight excluding hydrogens is 550 g/mol. The van der Waals surface area contributed by atoms with E-state index in [4.69, 9.17) is 26.8 Å². The maximum absolute atomic E-state index is 12.9. The molecule has 0 spiro atoms. The number of hydrogen-bond donors (Lipinski definition) is 1. The predicted molar refractivity (Wildman–Crippen MR) is 147 cm³/mol. The number of hydrogen-bond acceptors (Lipinski definition) is 6. The van der Waals surface area contributed by atoms with Crippen LogP contribution in [0.5, 0.6) is 11.5 Å². The second-order valence-corrected chi connectivity index (χ2v) is 10.5. The normalized spacial score (nSPS) is 14.6. The van der Waals surface area contributed by atoms with Gasteiger partial charge in [-0.2, -0.15) is 0 Å². The Kier molecular flexibility index (Phi) is 10.2. The van der Waals surface area contributed by atoms with Crippen LogP contribution in [0.25, 0.3) is 6.08 Å². The second-order valence-electron chi connectivity index (χ2n) is 8.02. The lowest BCUT2D eigenvalue weighted by Gasteiger charge is -2.16. The van der Waals surface area contributed by atoms with Crippen LogP contribution in [0.2, 0.25) is 0 Å². The van der Waals surface area contributed by atoms with Gasteiger partial charge in [0.1, 0.15) is 10.9 Å². The number of ether oxygens (including phenoxy) is 2. The number of thiocarbonyl (C=S) groups is 1. The van der Waals surface area contributed by atoms with E-state index in [-0.39, 0.29) is 12.3 Å². The summed E-state index contributed by atoms with van der Waals surface area (Å²) >= 11 is 10.3. The Morgan fingerprint density at radius 2 is 1.97 bits per heavy atom. The molecule has 6 nitrogen and oxygen atoms in total. The number of aryl methyl sites for hydroxylation is 1. The summed E-state index contributed by atoms with van der Waals surface area (Å²) in [5.41, 5.74) is 3.05. The van der Waals surface area contributed by atoms with Crippen LogP contribution < -0.4 is 9.47 Å². The van der Waals surface area contributed by atoms with E-state index in [1.165, 1.54) is 11.8 Å². The number of halogens is 1. The summed E-state index contributed by atoms with van der Waals surface area (Å²) in [5, 5.41) is 8.75. The van der Waals surface area contributed by atoms with Gasteiger partial charge in [-0.1, -0.05) is 54.7 Å². The van der Waals surface area contributed by atoms with Gasteiger partial charge in [0, 0.05) is 13.0 Å². The SMILES string of the molecule is CCOc1cc(/C=C2\SC(=S)N(CCCCCC(=O)O)C2=O)cc(Br)c1OCc1ccccc1C. The number of carbonyl (C=O) groups is 2. The minimum atomic E-state index is -0.803. The number of aliphatic carboxylic acids is 1. The number of rotatable bonds is 12. The van der Waals surface area contributed by atoms with Gasteiger partial charge >= 0.3 is 5.97 Å². The van der Waals surface area contributed by atoms with Crippen LogP contribution >= 0.6 is 39.9 Å². The number of unbranched alkanes of at least 4 members (excludes halogenated alkanes) is 2. The van der Waals surface area contributed by atoms with E-state index in [0.29, 0.717) is 53.3 Å². The summed E-state index contributed by atoms with van der Waals surface area (Å²) in [7, 11) is 0. The zero-order chi connectivity index (χ0) is 25.4. The Hall–Kier alpha value is -2.36. The van der Waals surface area contributed by atoms with Crippen LogP contribution in [0.15, 0.2) is 45.8 Å². The topological polar surface area (TPSA) is 76.1 Å². The predicted octanol–water partition coefficient (Wildman–Crippen LogP) is 6.58. The van der Waals surface area contributed by atoms with E-state index in [1.807, 2.05) is 56.3 Å². The fourth-order valence-electron chi connectivity index (χ4n) is 3.56. The van der Waals surface area contributed by atoms with Gasteiger partial charge < -0.3 is 14.6 Å². The van der Waals surface area contributed by atoms with E-state index in [1.54, 1.807) is 4.90 Å². The quantitative estimate of drug-likeness (QED) is 0.173. The molecule has 1 fully saturated rings. The highest BCUT2D eigenvalue weighted by Gasteiger charge is 2.31. The minimum Gasteiger partial charge on any atom is -0.490 e. The van der Waals surface area contributed by atoms with Crippen LogP contribution in [0.4, 0.5) is 0 Å². The highest BCUT2D eigenvalue weighted by atomic mass is 79.9.